The fraction of sp³-hybridized carbons (Fsp3) is 0.917. The molecule has 14 heteroatoms. The minimum Gasteiger partial charge on any atom is -0.462 e. The molecule has 0 saturated heterocycles. The number of carbonyl (C=O) groups excluding carboxylic acids is 2. The lowest BCUT2D eigenvalue weighted by molar-refractivity contribution is -0.220. The Morgan fingerprint density at radius 2 is 0.823 bits per heavy atom. The molecule has 1 aliphatic rings. The number of ether oxygens (including phenoxy) is 2. The summed E-state index contributed by atoms with van der Waals surface area (Å²) >= 11 is 0. The maximum absolute atomic E-state index is 12.8. The largest absolute Gasteiger partial charge is 0.472 e. The molecule has 0 aromatic rings. The number of hydrogen-bond acceptors (Lipinski definition) is 12. The van der Waals surface area contributed by atoms with Crippen LogP contribution in [0.25, 0.3) is 0 Å². The zero-order valence-electron chi connectivity index (χ0n) is 38.9. The Balaban J connectivity index is 2.37. The maximum Gasteiger partial charge on any atom is 0.472 e. The van der Waals surface area contributed by atoms with Crippen LogP contribution in [0, 0.1) is 0 Å². The third-order valence-corrected chi connectivity index (χ3v) is 12.8. The highest BCUT2D eigenvalue weighted by Crippen LogP contribution is 2.47. The molecule has 0 amide bonds. The molecule has 0 aromatic carbocycles. The van der Waals surface area contributed by atoms with Crippen molar-refractivity contribution in [2.45, 2.75) is 268 Å². The first kappa shape index (κ1) is 58.6. The van der Waals surface area contributed by atoms with Crippen molar-refractivity contribution in [1.29, 1.82) is 0 Å². The van der Waals surface area contributed by atoms with Crippen LogP contribution in [0.5, 0.6) is 0 Å². The van der Waals surface area contributed by atoms with Crippen molar-refractivity contribution >= 4 is 19.8 Å². The van der Waals surface area contributed by atoms with E-state index in [1.165, 1.54) is 128 Å². The quantitative estimate of drug-likeness (QED) is 0.0146. The molecule has 0 aromatic heterocycles. The molecule has 366 valence electrons. The number of aliphatic hydroxyl groups is 5. The van der Waals surface area contributed by atoms with Gasteiger partial charge in [-0.15, -0.1) is 0 Å². The predicted octanol–water partition coefficient (Wildman–Crippen LogP) is 10.2. The number of carbonyl (C=O) groups is 2. The van der Waals surface area contributed by atoms with E-state index in [1.54, 1.807) is 0 Å². The first-order chi connectivity index (χ1) is 29.9. The Bertz CT molecular complexity index is 1140. The summed E-state index contributed by atoms with van der Waals surface area (Å²) in [5.74, 6) is -1.10. The summed E-state index contributed by atoms with van der Waals surface area (Å²) in [7, 11) is -5.11. The summed E-state index contributed by atoms with van der Waals surface area (Å²) in [5.41, 5.74) is 0. The molecule has 6 unspecified atom stereocenters. The molecule has 1 saturated carbocycles. The molecule has 0 bridgehead atoms. The Kier molecular flexibility index (Phi) is 36.7. The van der Waals surface area contributed by atoms with Gasteiger partial charge in [0.2, 0.25) is 0 Å². The molecule has 0 aliphatic heterocycles. The molecule has 1 rings (SSSR count). The second-order valence-electron chi connectivity index (χ2n) is 17.7. The standard InChI is InChI=1S/C48H91O13P/c1-3-5-7-9-11-13-15-17-18-19-20-21-22-23-24-25-27-29-31-33-35-37-42(50)60-40(38-58-41(49)36-34-32-30-28-26-16-14-12-10-8-6-4-2)39-59-62(56,57)61-48-46(54)44(52)43(51)45(53)47(48)55/h12,14,40,43-48,51-55H,3-11,13,15-39H2,1-2H3,(H,56,57)/b14-12+/t40-,43?,44+,45?,46?,47?,48?/m1/s1. The minimum atomic E-state index is -5.11. The molecule has 0 radical (unpaired) electrons. The number of allylic oxidation sites excluding steroid dienone is 2. The summed E-state index contributed by atoms with van der Waals surface area (Å²) in [6.07, 6.45) is 28.4. The zero-order chi connectivity index (χ0) is 45.7. The van der Waals surface area contributed by atoms with Crippen LogP contribution in [0.15, 0.2) is 12.2 Å². The number of unbranched alkanes of at least 4 members (excludes halogenated alkanes) is 28. The predicted molar refractivity (Wildman–Crippen MR) is 244 cm³/mol. The van der Waals surface area contributed by atoms with Crippen molar-refractivity contribution in [2.24, 2.45) is 0 Å². The van der Waals surface area contributed by atoms with Gasteiger partial charge in [0.15, 0.2) is 6.10 Å². The molecule has 1 fully saturated rings. The Morgan fingerprint density at radius 1 is 0.484 bits per heavy atom. The summed E-state index contributed by atoms with van der Waals surface area (Å²) < 4.78 is 33.6. The molecule has 62 heavy (non-hydrogen) atoms. The minimum absolute atomic E-state index is 0.101. The molecular weight excluding hydrogens is 815 g/mol. The van der Waals surface area contributed by atoms with E-state index in [0.29, 0.717) is 12.8 Å². The van der Waals surface area contributed by atoms with Crippen LogP contribution >= 0.6 is 7.82 Å². The van der Waals surface area contributed by atoms with E-state index in [9.17, 15) is 44.6 Å². The lowest BCUT2D eigenvalue weighted by Crippen LogP contribution is -2.64. The second-order valence-corrected chi connectivity index (χ2v) is 19.1. The van der Waals surface area contributed by atoms with Crippen LogP contribution in [0.3, 0.4) is 0 Å². The van der Waals surface area contributed by atoms with Crippen LogP contribution in [0.4, 0.5) is 0 Å². The van der Waals surface area contributed by atoms with E-state index in [1.807, 2.05) is 0 Å². The number of rotatable bonds is 42. The molecule has 6 N–H and O–H groups in total. The van der Waals surface area contributed by atoms with E-state index in [0.717, 1.165) is 57.8 Å². The van der Waals surface area contributed by atoms with E-state index >= 15 is 0 Å². The van der Waals surface area contributed by atoms with E-state index in [2.05, 4.69) is 26.0 Å². The first-order valence-electron chi connectivity index (χ1n) is 25.0. The summed E-state index contributed by atoms with van der Waals surface area (Å²) in [6.45, 7) is 3.29. The number of phosphoric ester groups is 1. The van der Waals surface area contributed by atoms with E-state index < -0.39 is 75.7 Å². The maximum atomic E-state index is 12.8. The molecule has 0 heterocycles. The Labute approximate surface area is 375 Å². The van der Waals surface area contributed by atoms with Gasteiger partial charge in [-0.1, -0.05) is 187 Å². The van der Waals surface area contributed by atoms with Crippen molar-refractivity contribution < 1.29 is 63.1 Å². The van der Waals surface area contributed by atoms with Gasteiger partial charge in [-0.05, 0) is 38.5 Å². The van der Waals surface area contributed by atoms with Crippen molar-refractivity contribution in [3.05, 3.63) is 12.2 Å². The van der Waals surface area contributed by atoms with Crippen LogP contribution in [-0.2, 0) is 32.7 Å². The first-order valence-corrected chi connectivity index (χ1v) is 26.5. The third kappa shape index (κ3) is 30.7. The monoisotopic (exact) mass is 907 g/mol. The molecular formula is C48H91O13P. The van der Waals surface area contributed by atoms with Gasteiger partial charge >= 0.3 is 19.8 Å². The van der Waals surface area contributed by atoms with Gasteiger partial charge in [-0.3, -0.25) is 18.6 Å². The van der Waals surface area contributed by atoms with Crippen molar-refractivity contribution in [2.75, 3.05) is 13.2 Å². The number of esters is 2. The SMILES string of the molecule is CCCCC/C=C/CCCCCCCC(=O)OC[C@H](COP(=O)(O)OC1C(O)C(O)C(O)[C@H](O)C1O)OC(=O)CCCCCCCCCCCCCCCCCCCCCCC. The van der Waals surface area contributed by atoms with Crippen LogP contribution < -0.4 is 0 Å². The summed E-state index contributed by atoms with van der Waals surface area (Å²) in [5, 5.41) is 50.2. The van der Waals surface area contributed by atoms with Crippen molar-refractivity contribution in [3.8, 4) is 0 Å². The molecule has 13 nitrogen and oxygen atoms in total. The molecule has 8 atom stereocenters. The smallest absolute Gasteiger partial charge is 0.462 e. The van der Waals surface area contributed by atoms with Gasteiger partial charge in [0.25, 0.3) is 0 Å². The van der Waals surface area contributed by atoms with Gasteiger partial charge in [0, 0.05) is 12.8 Å². The van der Waals surface area contributed by atoms with Gasteiger partial charge in [-0.25, -0.2) is 4.57 Å². The van der Waals surface area contributed by atoms with Gasteiger partial charge in [0.05, 0.1) is 6.61 Å². The van der Waals surface area contributed by atoms with Crippen LogP contribution in [0.1, 0.15) is 226 Å². The average molecular weight is 907 g/mol. The van der Waals surface area contributed by atoms with Crippen LogP contribution in [-0.4, -0.2) is 98.3 Å². The normalized spacial score (nSPS) is 21.9. The fourth-order valence-corrected chi connectivity index (χ4v) is 8.79. The number of phosphoric acid groups is 1. The number of hydrogen-bond donors (Lipinski definition) is 6. The zero-order valence-corrected chi connectivity index (χ0v) is 39.8. The fourth-order valence-electron chi connectivity index (χ4n) is 7.81. The Morgan fingerprint density at radius 3 is 1.26 bits per heavy atom. The number of aliphatic hydroxyl groups excluding tert-OH is 5. The topological polar surface area (TPSA) is 210 Å². The van der Waals surface area contributed by atoms with Gasteiger partial charge in [-0.2, -0.15) is 0 Å². The molecule has 1 aliphatic carbocycles. The Hall–Kier alpha value is -1.41. The highest BCUT2D eigenvalue weighted by Gasteiger charge is 2.51. The second kappa shape index (κ2) is 38.8. The van der Waals surface area contributed by atoms with Gasteiger partial charge in [0.1, 0.15) is 43.2 Å². The van der Waals surface area contributed by atoms with E-state index in [4.69, 9.17) is 18.5 Å². The lowest BCUT2D eigenvalue weighted by atomic mass is 9.85. The highest BCUT2D eigenvalue weighted by atomic mass is 31.2. The summed E-state index contributed by atoms with van der Waals surface area (Å²) in [6, 6.07) is 0. The van der Waals surface area contributed by atoms with Crippen molar-refractivity contribution in [1.82, 2.24) is 0 Å². The molecule has 0 spiro atoms. The lowest BCUT2D eigenvalue weighted by Gasteiger charge is -2.41. The average Bonchev–Trinajstić information content (AvgIpc) is 3.25. The highest BCUT2D eigenvalue weighted by molar-refractivity contribution is 7.47. The van der Waals surface area contributed by atoms with Crippen LogP contribution in [0.2, 0.25) is 0 Å². The summed E-state index contributed by atoms with van der Waals surface area (Å²) in [4.78, 5) is 35.7. The third-order valence-electron chi connectivity index (χ3n) is 11.9. The van der Waals surface area contributed by atoms with Gasteiger partial charge < -0.3 is 39.9 Å². The van der Waals surface area contributed by atoms with E-state index in [-0.39, 0.29) is 12.8 Å². The van der Waals surface area contributed by atoms with Crippen molar-refractivity contribution in [3.63, 3.8) is 0 Å².